The van der Waals surface area contributed by atoms with E-state index in [1.54, 1.807) is 12.3 Å². The molecule has 144 valence electrons. The third-order valence-corrected chi connectivity index (χ3v) is 5.37. The summed E-state index contributed by atoms with van der Waals surface area (Å²) in [5.74, 6) is 1.83. The molecule has 7 heteroatoms. The van der Waals surface area contributed by atoms with Gasteiger partial charge in [-0.05, 0) is 30.5 Å². The number of carbonyl (C=O) groups excluding carboxylic acids is 1. The Labute approximate surface area is 163 Å². The van der Waals surface area contributed by atoms with Crippen LogP contribution in [0.2, 0.25) is 5.02 Å². The molecular formula is C20H24ClN3O3. The molecule has 2 heterocycles. The minimum absolute atomic E-state index is 0.0990. The molecule has 1 fully saturated rings. The van der Waals surface area contributed by atoms with E-state index in [1.165, 1.54) is 19.3 Å². The first-order valence-corrected chi connectivity index (χ1v) is 10.00. The monoisotopic (exact) mass is 389 g/mol. The fourth-order valence-corrected chi connectivity index (χ4v) is 4.08. The van der Waals surface area contributed by atoms with Gasteiger partial charge >= 0.3 is 0 Å². The zero-order valence-corrected chi connectivity index (χ0v) is 16.0. The molecule has 27 heavy (non-hydrogen) atoms. The van der Waals surface area contributed by atoms with E-state index in [9.17, 15) is 4.79 Å². The van der Waals surface area contributed by atoms with E-state index in [4.69, 9.17) is 21.1 Å². The topological polar surface area (TPSA) is 65.4 Å². The SMILES string of the molecule is O=C(Cc1cc(Cl)c2c(c1)OCCCO2)Nc1ccnn1C1CCCCC1. The van der Waals surface area contributed by atoms with Crippen LogP contribution in [0.25, 0.3) is 0 Å². The molecule has 1 aromatic heterocycles. The highest BCUT2D eigenvalue weighted by Crippen LogP contribution is 2.38. The van der Waals surface area contributed by atoms with Crippen molar-refractivity contribution in [3.05, 3.63) is 35.0 Å². The van der Waals surface area contributed by atoms with Crippen LogP contribution in [-0.4, -0.2) is 28.9 Å². The first-order valence-electron chi connectivity index (χ1n) is 9.62. The number of halogens is 1. The fraction of sp³-hybridized carbons (Fsp3) is 0.500. The quantitative estimate of drug-likeness (QED) is 0.842. The number of anilines is 1. The lowest BCUT2D eigenvalue weighted by Crippen LogP contribution is -2.21. The maximum Gasteiger partial charge on any atom is 0.229 e. The number of aromatic nitrogens is 2. The molecule has 6 nitrogen and oxygen atoms in total. The van der Waals surface area contributed by atoms with Gasteiger partial charge in [0.15, 0.2) is 11.5 Å². The summed E-state index contributed by atoms with van der Waals surface area (Å²) in [5, 5.41) is 7.90. The van der Waals surface area contributed by atoms with Crippen molar-refractivity contribution < 1.29 is 14.3 Å². The first-order chi connectivity index (χ1) is 13.2. The zero-order chi connectivity index (χ0) is 18.6. The van der Waals surface area contributed by atoms with E-state index in [1.807, 2.05) is 16.8 Å². The van der Waals surface area contributed by atoms with Crippen molar-refractivity contribution in [2.45, 2.75) is 51.0 Å². The summed E-state index contributed by atoms with van der Waals surface area (Å²) in [5.41, 5.74) is 0.797. The number of nitrogens with zero attached hydrogens (tertiary/aromatic N) is 2. The molecule has 1 aliphatic heterocycles. The van der Waals surface area contributed by atoms with Crippen LogP contribution in [-0.2, 0) is 11.2 Å². The highest BCUT2D eigenvalue weighted by atomic mass is 35.5. The maximum absolute atomic E-state index is 12.6. The second kappa shape index (κ2) is 8.21. The van der Waals surface area contributed by atoms with Crippen LogP contribution in [0.3, 0.4) is 0 Å². The summed E-state index contributed by atoms with van der Waals surface area (Å²) in [6, 6.07) is 5.84. The Kier molecular flexibility index (Phi) is 5.53. The predicted molar refractivity (Wildman–Crippen MR) is 104 cm³/mol. The Morgan fingerprint density at radius 1 is 1.19 bits per heavy atom. The van der Waals surface area contributed by atoms with Gasteiger partial charge in [-0.15, -0.1) is 0 Å². The molecule has 1 aliphatic carbocycles. The molecule has 0 unspecified atom stereocenters. The van der Waals surface area contributed by atoms with Crippen LogP contribution in [0.5, 0.6) is 11.5 Å². The van der Waals surface area contributed by atoms with Gasteiger partial charge in [-0.1, -0.05) is 30.9 Å². The Hall–Kier alpha value is -2.21. The van der Waals surface area contributed by atoms with Gasteiger partial charge in [-0.25, -0.2) is 4.68 Å². The third-order valence-electron chi connectivity index (χ3n) is 5.08. The molecule has 2 aliphatic rings. The van der Waals surface area contributed by atoms with Gasteiger partial charge in [-0.2, -0.15) is 5.10 Å². The number of rotatable bonds is 4. The predicted octanol–water partition coefficient (Wildman–Crippen LogP) is 4.38. The van der Waals surface area contributed by atoms with E-state index >= 15 is 0 Å². The van der Waals surface area contributed by atoms with Crippen LogP contribution in [0, 0.1) is 0 Å². The van der Waals surface area contributed by atoms with Crippen molar-refractivity contribution in [3.8, 4) is 11.5 Å². The number of benzene rings is 1. The largest absolute Gasteiger partial charge is 0.489 e. The molecule has 4 rings (SSSR count). The number of ether oxygens (including phenoxy) is 2. The van der Waals surface area contributed by atoms with E-state index in [-0.39, 0.29) is 12.3 Å². The van der Waals surface area contributed by atoms with Gasteiger partial charge in [0.05, 0.1) is 36.9 Å². The molecule has 2 aromatic rings. The van der Waals surface area contributed by atoms with Crippen molar-refractivity contribution in [3.63, 3.8) is 0 Å². The maximum atomic E-state index is 12.6. The molecule has 0 spiro atoms. The molecule has 0 radical (unpaired) electrons. The molecule has 1 amide bonds. The molecule has 1 saturated carbocycles. The average Bonchev–Trinajstić information content (AvgIpc) is 2.98. The van der Waals surface area contributed by atoms with Gasteiger partial charge in [0, 0.05) is 12.5 Å². The van der Waals surface area contributed by atoms with Crippen LogP contribution in [0.4, 0.5) is 5.82 Å². The molecular weight excluding hydrogens is 366 g/mol. The van der Waals surface area contributed by atoms with Crippen molar-refractivity contribution in [2.24, 2.45) is 0 Å². The summed E-state index contributed by atoms with van der Waals surface area (Å²) in [6.07, 6.45) is 8.71. The highest BCUT2D eigenvalue weighted by Gasteiger charge is 2.20. The summed E-state index contributed by atoms with van der Waals surface area (Å²) in [6.45, 7) is 1.16. The zero-order valence-electron chi connectivity index (χ0n) is 15.2. The third kappa shape index (κ3) is 4.21. The van der Waals surface area contributed by atoms with Crippen molar-refractivity contribution in [1.29, 1.82) is 0 Å². The van der Waals surface area contributed by atoms with Crippen molar-refractivity contribution in [2.75, 3.05) is 18.5 Å². The Morgan fingerprint density at radius 2 is 2.00 bits per heavy atom. The summed E-state index contributed by atoms with van der Waals surface area (Å²) in [7, 11) is 0. The number of hydrogen-bond donors (Lipinski definition) is 1. The van der Waals surface area contributed by atoms with Crippen LogP contribution in [0.15, 0.2) is 24.4 Å². The normalized spacial score (nSPS) is 17.4. The van der Waals surface area contributed by atoms with E-state index in [0.717, 1.165) is 30.6 Å². The Balaban J connectivity index is 1.45. The second-order valence-electron chi connectivity index (χ2n) is 7.13. The number of nitrogens with one attached hydrogen (secondary N) is 1. The van der Waals surface area contributed by atoms with Gasteiger partial charge in [0.25, 0.3) is 0 Å². The van der Waals surface area contributed by atoms with E-state index in [2.05, 4.69) is 10.4 Å². The minimum Gasteiger partial charge on any atom is -0.489 e. The van der Waals surface area contributed by atoms with Gasteiger partial charge in [0.2, 0.25) is 5.91 Å². The highest BCUT2D eigenvalue weighted by molar-refractivity contribution is 6.32. The van der Waals surface area contributed by atoms with Gasteiger partial charge < -0.3 is 14.8 Å². The Bertz CT molecular complexity index is 815. The number of amides is 1. The molecule has 1 aromatic carbocycles. The summed E-state index contributed by atoms with van der Waals surface area (Å²) in [4.78, 5) is 12.6. The van der Waals surface area contributed by atoms with Crippen LogP contribution in [0.1, 0.15) is 50.1 Å². The lowest BCUT2D eigenvalue weighted by atomic mass is 9.96. The van der Waals surface area contributed by atoms with Crippen LogP contribution >= 0.6 is 11.6 Å². The van der Waals surface area contributed by atoms with E-state index in [0.29, 0.717) is 35.8 Å². The lowest BCUT2D eigenvalue weighted by molar-refractivity contribution is -0.115. The number of fused-ring (bicyclic) bond motifs is 1. The van der Waals surface area contributed by atoms with Crippen molar-refractivity contribution in [1.82, 2.24) is 9.78 Å². The fourth-order valence-electron chi connectivity index (χ4n) is 3.79. The summed E-state index contributed by atoms with van der Waals surface area (Å²) < 4.78 is 13.3. The first kappa shape index (κ1) is 18.2. The molecule has 0 bridgehead atoms. The van der Waals surface area contributed by atoms with Crippen molar-refractivity contribution >= 4 is 23.3 Å². The minimum atomic E-state index is -0.0990. The smallest absolute Gasteiger partial charge is 0.229 e. The summed E-state index contributed by atoms with van der Waals surface area (Å²) >= 11 is 6.32. The Morgan fingerprint density at radius 3 is 2.85 bits per heavy atom. The molecule has 0 atom stereocenters. The van der Waals surface area contributed by atoms with E-state index < -0.39 is 0 Å². The average molecular weight is 390 g/mol. The standard InChI is InChI=1S/C20H24ClN3O3/c21-16-11-14(12-17-20(16)27-10-4-9-26-17)13-19(25)23-18-7-8-22-24(18)15-5-2-1-3-6-15/h7-8,11-12,15H,1-6,9-10,13H2,(H,23,25). The number of carbonyl (C=O) groups is 1. The second-order valence-corrected chi connectivity index (χ2v) is 7.54. The van der Waals surface area contributed by atoms with Crippen LogP contribution < -0.4 is 14.8 Å². The molecule has 0 saturated heterocycles. The molecule has 1 N–H and O–H groups in total. The lowest BCUT2D eigenvalue weighted by Gasteiger charge is -2.23. The van der Waals surface area contributed by atoms with Gasteiger partial charge in [0.1, 0.15) is 5.82 Å². The van der Waals surface area contributed by atoms with Gasteiger partial charge in [-0.3, -0.25) is 4.79 Å². The number of hydrogen-bond acceptors (Lipinski definition) is 4.